The van der Waals surface area contributed by atoms with Crippen LogP contribution in [-0.2, 0) is 14.4 Å². The Kier molecular flexibility index (Phi) is 9.37. The van der Waals surface area contributed by atoms with Gasteiger partial charge < -0.3 is 9.57 Å². The second-order valence-electron chi connectivity index (χ2n) is 4.95. The molecule has 0 atom stereocenters. The van der Waals surface area contributed by atoms with Crippen molar-refractivity contribution in [1.82, 2.24) is 5.06 Å². The minimum absolute atomic E-state index is 0.103. The van der Waals surface area contributed by atoms with Crippen LogP contribution >= 0.6 is 0 Å². The Hall–Kier alpha value is -0.870. The number of ether oxygens (including phenoxy) is 1. The summed E-state index contributed by atoms with van der Waals surface area (Å²) in [5.74, 6) is -0.103. The molecule has 4 nitrogen and oxygen atoms in total. The van der Waals surface area contributed by atoms with Crippen LogP contribution in [0.3, 0.4) is 0 Å². The van der Waals surface area contributed by atoms with Gasteiger partial charge >= 0.3 is 5.97 Å². The highest BCUT2D eigenvalue weighted by Crippen LogP contribution is 2.09. The fourth-order valence-corrected chi connectivity index (χ4v) is 2.09. The molecule has 1 rings (SSSR count). The third kappa shape index (κ3) is 8.78. The van der Waals surface area contributed by atoms with E-state index in [2.05, 4.69) is 6.58 Å². The molecular formula is C15H27NO3. The highest BCUT2D eigenvalue weighted by molar-refractivity contribution is 5.68. The molecule has 1 saturated heterocycles. The number of hydrogen-bond acceptors (Lipinski definition) is 4. The molecule has 0 N–H and O–H groups in total. The summed E-state index contributed by atoms with van der Waals surface area (Å²) in [6, 6.07) is 0. The predicted molar refractivity (Wildman–Crippen MR) is 75.6 cm³/mol. The van der Waals surface area contributed by atoms with Gasteiger partial charge in [0.15, 0.2) is 0 Å². The van der Waals surface area contributed by atoms with Crippen molar-refractivity contribution < 1.29 is 14.4 Å². The zero-order chi connectivity index (χ0) is 13.8. The number of nitrogens with zero attached hydrogens (tertiary/aromatic N) is 1. The molecule has 1 fully saturated rings. The van der Waals surface area contributed by atoms with E-state index in [-0.39, 0.29) is 5.97 Å². The molecule has 0 aromatic heterocycles. The Labute approximate surface area is 116 Å². The zero-order valence-corrected chi connectivity index (χ0v) is 11.9. The highest BCUT2D eigenvalue weighted by atomic mass is 16.7. The zero-order valence-electron chi connectivity index (χ0n) is 11.9. The summed E-state index contributed by atoms with van der Waals surface area (Å²) in [5, 5.41) is 1.71. The van der Waals surface area contributed by atoms with Crippen LogP contribution in [0.5, 0.6) is 0 Å². The molecular weight excluding hydrogens is 242 g/mol. The van der Waals surface area contributed by atoms with E-state index in [4.69, 9.17) is 9.57 Å². The standard InChI is InChI=1S/C15H27NO3/c1-2-3-4-5-6-7-8-9-10-15(17)19-16-11-13-18-14-12-16/h2H,1,3-14H2. The average Bonchev–Trinajstić information content (AvgIpc) is 2.43. The number of morpholine rings is 1. The summed E-state index contributed by atoms with van der Waals surface area (Å²) in [6.45, 7) is 6.39. The maximum absolute atomic E-state index is 11.6. The monoisotopic (exact) mass is 269 g/mol. The maximum atomic E-state index is 11.6. The number of allylic oxidation sites excluding steroid dienone is 1. The summed E-state index contributed by atoms with van der Waals surface area (Å²) in [5.41, 5.74) is 0. The van der Waals surface area contributed by atoms with Gasteiger partial charge in [0.1, 0.15) is 0 Å². The van der Waals surface area contributed by atoms with Gasteiger partial charge in [-0.2, -0.15) is 0 Å². The maximum Gasteiger partial charge on any atom is 0.325 e. The van der Waals surface area contributed by atoms with Crippen molar-refractivity contribution in [2.75, 3.05) is 26.3 Å². The van der Waals surface area contributed by atoms with Crippen LogP contribution in [0.1, 0.15) is 51.4 Å². The van der Waals surface area contributed by atoms with Crippen molar-refractivity contribution in [3.05, 3.63) is 12.7 Å². The quantitative estimate of drug-likeness (QED) is 0.451. The second-order valence-corrected chi connectivity index (χ2v) is 4.95. The van der Waals surface area contributed by atoms with E-state index in [0.29, 0.717) is 32.7 Å². The molecule has 0 spiro atoms. The van der Waals surface area contributed by atoms with Crippen LogP contribution in [-0.4, -0.2) is 37.3 Å². The molecule has 0 amide bonds. The molecule has 0 bridgehead atoms. The minimum atomic E-state index is -0.103. The van der Waals surface area contributed by atoms with Crippen molar-refractivity contribution in [3.8, 4) is 0 Å². The predicted octanol–water partition coefficient (Wildman–Crippen LogP) is 3.08. The molecule has 1 heterocycles. The fraction of sp³-hybridized carbons (Fsp3) is 0.800. The minimum Gasteiger partial charge on any atom is -0.379 e. The molecule has 0 radical (unpaired) electrons. The molecule has 0 unspecified atom stereocenters. The van der Waals surface area contributed by atoms with Gasteiger partial charge in [0.25, 0.3) is 0 Å². The SMILES string of the molecule is C=CCCCCCCCCC(=O)ON1CCOCC1. The fourth-order valence-electron chi connectivity index (χ4n) is 2.09. The molecule has 0 saturated carbocycles. The van der Waals surface area contributed by atoms with Gasteiger partial charge in [-0.15, -0.1) is 11.6 Å². The molecule has 4 heteroatoms. The van der Waals surface area contributed by atoms with Gasteiger partial charge in [0, 0.05) is 6.42 Å². The largest absolute Gasteiger partial charge is 0.379 e. The first kappa shape index (κ1) is 16.2. The average molecular weight is 269 g/mol. The van der Waals surface area contributed by atoms with Gasteiger partial charge in [-0.3, -0.25) is 4.79 Å². The first-order chi connectivity index (χ1) is 9.33. The van der Waals surface area contributed by atoms with E-state index < -0.39 is 0 Å². The molecule has 1 aliphatic rings. The molecule has 19 heavy (non-hydrogen) atoms. The molecule has 1 aliphatic heterocycles. The van der Waals surface area contributed by atoms with E-state index >= 15 is 0 Å². The third-order valence-electron chi connectivity index (χ3n) is 3.24. The molecule has 0 aliphatic carbocycles. The van der Waals surface area contributed by atoms with Gasteiger partial charge in [-0.25, -0.2) is 0 Å². The summed E-state index contributed by atoms with van der Waals surface area (Å²) >= 11 is 0. The summed E-state index contributed by atoms with van der Waals surface area (Å²) in [6.07, 6.45) is 10.6. The van der Waals surface area contributed by atoms with Gasteiger partial charge in [0.2, 0.25) is 0 Å². The molecule has 110 valence electrons. The summed E-state index contributed by atoms with van der Waals surface area (Å²) in [4.78, 5) is 16.8. The van der Waals surface area contributed by atoms with Crippen molar-refractivity contribution >= 4 is 5.97 Å². The van der Waals surface area contributed by atoms with Gasteiger partial charge in [0.05, 0.1) is 26.3 Å². The third-order valence-corrected chi connectivity index (χ3v) is 3.24. The van der Waals surface area contributed by atoms with E-state index in [0.717, 1.165) is 19.3 Å². The van der Waals surface area contributed by atoms with Crippen LogP contribution in [0, 0.1) is 0 Å². The Morgan fingerprint density at radius 3 is 2.42 bits per heavy atom. The van der Waals surface area contributed by atoms with Crippen LogP contribution < -0.4 is 0 Å². The van der Waals surface area contributed by atoms with Crippen LogP contribution in [0.15, 0.2) is 12.7 Å². The van der Waals surface area contributed by atoms with Crippen molar-refractivity contribution in [2.45, 2.75) is 51.4 Å². The van der Waals surface area contributed by atoms with Crippen molar-refractivity contribution in [3.63, 3.8) is 0 Å². The van der Waals surface area contributed by atoms with E-state index in [9.17, 15) is 4.79 Å². The Balaban J connectivity index is 1.88. The lowest BCUT2D eigenvalue weighted by Gasteiger charge is -2.24. The van der Waals surface area contributed by atoms with Crippen molar-refractivity contribution in [2.24, 2.45) is 0 Å². The smallest absolute Gasteiger partial charge is 0.325 e. The Morgan fingerprint density at radius 2 is 1.74 bits per heavy atom. The lowest BCUT2D eigenvalue weighted by atomic mass is 10.1. The number of rotatable bonds is 10. The van der Waals surface area contributed by atoms with Gasteiger partial charge in [-0.05, 0) is 19.3 Å². The van der Waals surface area contributed by atoms with E-state index in [1.165, 1.54) is 25.7 Å². The second kappa shape index (κ2) is 11.0. The number of carbonyl (C=O) groups is 1. The van der Waals surface area contributed by atoms with Crippen LogP contribution in [0.4, 0.5) is 0 Å². The number of carbonyl (C=O) groups excluding carboxylic acids is 1. The Morgan fingerprint density at radius 1 is 1.11 bits per heavy atom. The highest BCUT2D eigenvalue weighted by Gasteiger charge is 2.14. The summed E-state index contributed by atoms with van der Waals surface area (Å²) in [7, 11) is 0. The number of unbranched alkanes of at least 4 members (excludes halogenated alkanes) is 6. The van der Waals surface area contributed by atoms with Crippen LogP contribution in [0.25, 0.3) is 0 Å². The Bertz CT molecular complexity index is 250. The summed E-state index contributed by atoms with van der Waals surface area (Å²) < 4.78 is 5.20. The molecule has 0 aromatic rings. The van der Waals surface area contributed by atoms with E-state index in [1.807, 2.05) is 6.08 Å². The first-order valence-corrected chi connectivity index (χ1v) is 7.47. The molecule has 0 aromatic carbocycles. The number of hydroxylamine groups is 2. The van der Waals surface area contributed by atoms with Crippen LogP contribution in [0.2, 0.25) is 0 Å². The topological polar surface area (TPSA) is 38.8 Å². The van der Waals surface area contributed by atoms with Crippen molar-refractivity contribution in [1.29, 1.82) is 0 Å². The van der Waals surface area contributed by atoms with Gasteiger partial charge in [-0.1, -0.05) is 31.8 Å². The number of hydrogen-bond donors (Lipinski definition) is 0. The lowest BCUT2D eigenvalue weighted by molar-refractivity contribution is -0.205. The van der Waals surface area contributed by atoms with E-state index in [1.54, 1.807) is 5.06 Å². The normalized spacial score (nSPS) is 16.2. The first-order valence-electron chi connectivity index (χ1n) is 7.47. The lowest BCUT2D eigenvalue weighted by Crippen LogP contribution is -2.37.